The Morgan fingerprint density at radius 1 is 1.12 bits per heavy atom. The number of amides is 4. The van der Waals surface area contributed by atoms with E-state index in [1.54, 1.807) is 46.1 Å². The molecule has 18 heteroatoms. The molecule has 0 bridgehead atoms. The van der Waals surface area contributed by atoms with Gasteiger partial charge in [-0.3, -0.25) is 4.79 Å². The molecule has 2 aliphatic heterocycles. The van der Waals surface area contributed by atoms with Crippen molar-refractivity contribution in [1.82, 2.24) is 30.2 Å². The van der Waals surface area contributed by atoms with Gasteiger partial charge in [-0.05, 0) is 76.7 Å². The third kappa shape index (κ3) is 7.36. The number of nitrogens with one attached hydrogen (secondary N) is 2. The van der Waals surface area contributed by atoms with Crippen molar-refractivity contribution in [2.24, 2.45) is 0 Å². The van der Waals surface area contributed by atoms with Gasteiger partial charge in [-0.1, -0.05) is 0 Å². The minimum absolute atomic E-state index is 0.0141. The van der Waals surface area contributed by atoms with E-state index in [-0.39, 0.29) is 59.5 Å². The number of hydrogen-bond acceptors (Lipinski definition) is 11. The molecule has 1 aliphatic carbocycles. The highest BCUT2D eigenvalue weighted by Gasteiger charge is 2.49. The number of imidazole rings is 1. The number of ether oxygens (including phenoxy) is 3. The van der Waals surface area contributed by atoms with E-state index in [4.69, 9.17) is 14.2 Å². The Morgan fingerprint density at radius 2 is 1.82 bits per heavy atom. The third-order valence-electron chi connectivity index (χ3n) is 8.46. The van der Waals surface area contributed by atoms with Crippen molar-refractivity contribution < 1.29 is 42.9 Å². The number of carbonyl (C=O) groups excluding carboxylic acids is 3. The number of carbonyl (C=O) groups is 4. The minimum Gasteiger partial charge on any atom is -0.491 e. The highest BCUT2D eigenvalue weighted by molar-refractivity contribution is 9.10. The second-order valence-electron chi connectivity index (χ2n) is 14.8. The average molecular weight is 776 g/mol. The second-order valence-corrected chi connectivity index (χ2v) is 15.6. The second kappa shape index (κ2) is 13.1. The molecular formula is C33H40BrFN8O8. The van der Waals surface area contributed by atoms with E-state index in [2.05, 4.69) is 41.5 Å². The molecule has 0 radical (unpaired) electrons. The first-order valence-corrected chi connectivity index (χ1v) is 17.3. The molecule has 16 nitrogen and oxygen atoms in total. The Bertz CT molecular complexity index is 1920. The zero-order valence-corrected chi connectivity index (χ0v) is 30.7. The Labute approximate surface area is 301 Å². The summed E-state index contributed by atoms with van der Waals surface area (Å²) in [5.41, 5.74) is -1.71. The van der Waals surface area contributed by atoms with Gasteiger partial charge in [0, 0.05) is 30.1 Å². The minimum atomic E-state index is -1.63. The summed E-state index contributed by atoms with van der Waals surface area (Å²) >= 11 is 3.48. The molecule has 0 spiro atoms. The summed E-state index contributed by atoms with van der Waals surface area (Å²) in [6.07, 6.45) is 1.18. The smallest absolute Gasteiger partial charge is 0.425 e. The highest BCUT2D eigenvalue weighted by atomic mass is 79.9. The number of carboxylic acid groups (broad SMARTS) is 1. The van der Waals surface area contributed by atoms with Gasteiger partial charge in [-0.15, -0.1) is 0 Å². The van der Waals surface area contributed by atoms with Gasteiger partial charge in [0.1, 0.15) is 34.6 Å². The van der Waals surface area contributed by atoms with Crippen LogP contribution in [0.15, 0.2) is 17.1 Å². The molecule has 4 amide bonds. The van der Waals surface area contributed by atoms with Crippen LogP contribution in [0, 0.1) is 5.82 Å². The fourth-order valence-corrected chi connectivity index (χ4v) is 6.69. The molecule has 3 aromatic rings. The molecule has 3 N–H and O–H groups in total. The lowest BCUT2D eigenvalue weighted by Crippen LogP contribution is -2.61. The number of benzene rings is 1. The lowest BCUT2D eigenvalue weighted by atomic mass is 9.97. The van der Waals surface area contributed by atoms with E-state index in [0.29, 0.717) is 40.4 Å². The number of alkyl carbamates (subject to hydrolysis) is 1. The topological polar surface area (TPSA) is 190 Å². The van der Waals surface area contributed by atoms with Gasteiger partial charge in [-0.25, -0.2) is 33.7 Å². The van der Waals surface area contributed by atoms with Gasteiger partial charge < -0.3 is 39.4 Å². The van der Waals surface area contributed by atoms with Crippen molar-refractivity contribution >= 4 is 62.8 Å². The number of aromatic nitrogens is 4. The maximum absolute atomic E-state index is 16.0. The lowest BCUT2D eigenvalue weighted by Gasteiger charge is -2.32. The molecule has 1 atom stereocenters. The molecule has 274 valence electrons. The number of fused-ring (bicyclic) bond motifs is 2. The van der Waals surface area contributed by atoms with Crippen molar-refractivity contribution in [2.75, 3.05) is 29.5 Å². The largest absolute Gasteiger partial charge is 0.491 e. The van der Waals surface area contributed by atoms with Crippen LogP contribution in [0.5, 0.6) is 5.75 Å². The lowest BCUT2D eigenvalue weighted by molar-refractivity contribution is -0.127. The first-order valence-electron chi connectivity index (χ1n) is 16.5. The van der Waals surface area contributed by atoms with Crippen molar-refractivity contribution in [2.45, 2.75) is 96.6 Å². The molecule has 1 saturated carbocycles. The molecular weight excluding hydrogens is 735 g/mol. The van der Waals surface area contributed by atoms with Gasteiger partial charge in [0.15, 0.2) is 17.0 Å². The van der Waals surface area contributed by atoms with Gasteiger partial charge in [0.25, 0.3) is 0 Å². The van der Waals surface area contributed by atoms with Crippen LogP contribution in [0.3, 0.4) is 0 Å². The first kappa shape index (κ1) is 36.1. The molecule has 3 aliphatic rings. The van der Waals surface area contributed by atoms with Crippen LogP contribution in [0.2, 0.25) is 0 Å². The van der Waals surface area contributed by atoms with Crippen molar-refractivity contribution in [1.29, 1.82) is 0 Å². The van der Waals surface area contributed by atoms with Crippen LogP contribution in [-0.2, 0) is 27.2 Å². The monoisotopic (exact) mass is 774 g/mol. The van der Waals surface area contributed by atoms with E-state index in [9.17, 15) is 24.3 Å². The SMILES string of the molecule is CC(C)(C)OC(=O)NC1(C(=O)NC2CC2)CCN(c2c(Cn3cnc4c(N(C(=O)O)C(=O)OC(C)(C)C)ncnc43)c(Br)c(F)c3c2OCC3)C1. The van der Waals surface area contributed by atoms with E-state index in [1.807, 2.05) is 4.90 Å². The summed E-state index contributed by atoms with van der Waals surface area (Å²) in [5, 5.41) is 15.8. The summed E-state index contributed by atoms with van der Waals surface area (Å²) in [4.78, 5) is 67.0. The Hall–Kier alpha value is -4.74. The van der Waals surface area contributed by atoms with Crippen LogP contribution in [0.1, 0.15) is 71.9 Å². The Kier molecular flexibility index (Phi) is 9.27. The maximum Gasteiger partial charge on any atom is 0.425 e. The number of imide groups is 1. The molecule has 51 heavy (non-hydrogen) atoms. The molecule has 2 fully saturated rings. The van der Waals surface area contributed by atoms with Crippen molar-refractivity contribution in [3.8, 4) is 5.75 Å². The van der Waals surface area contributed by atoms with E-state index in [1.165, 1.54) is 6.33 Å². The Balaban J connectivity index is 1.39. The summed E-state index contributed by atoms with van der Waals surface area (Å²) in [5.74, 6) is -0.839. The van der Waals surface area contributed by atoms with Crippen LogP contribution in [0.4, 0.5) is 30.3 Å². The fourth-order valence-electron chi connectivity index (χ4n) is 6.14. The molecule has 1 aromatic carbocycles. The third-order valence-corrected chi connectivity index (χ3v) is 9.29. The van der Waals surface area contributed by atoms with E-state index in [0.717, 1.165) is 19.2 Å². The molecule has 2 aromatic heterocycles. The number of nitrogens with zero attached hydrogens (tertiary/aromatic N) is 6. The zero-order chi connectivity index (χ0) is 37.0. The molecule has 4 heterocycles. The standard InChI is InChI=1S/C33H40BrFN8O8/c1-31(2,3)50-28(45)40-33(27(44)39-17-7-8-17)10-11-41(14-33)23-19(20(34)21(35)18-9-12-49-24(18)23)13-42-16-38-22-25(42)36-15-37-26(22)43(29(46)47)30(48)51-32(4,5)6/h15-17H,7-14H2,1-6H3,(H,39,44)(H,40,45)(H,46,47). The fraction of sp³-hybridized carbons (Fsp3) is 0.545. The predicted molar refractivity (Wildman–Crippen MR) is 185 cm³/mol. The average Bonchev–Trinajstić information content (AvgIpc) is 3.35. The van der Waals surface area contributed by atoms with Crippen molar-refractivity contribution in [3.05, 3.63) is 34.1 Å². The molecule has 1 unspecified atom stereocenters. The van der Waals surface area contributed by atoms with Crippen molar-refractivity contribution in [3.63, 3.8) is 0 Å². The van der Waals surface area contributed by atoms with E-state index >= 15 is 4.39 Å². The normalized spacial score (nSPS) is 18.6. The van der Waals surface area contributed by atoms with Gasteiger partial charge in [-0.2, -0.15) is 4.90 Å². The summed E-state index contributed by atoms with van der Waals surface area (Å²) in [6, 6.07) is 0.0285. The molecule has 1 saturated heterocycles. The number of halogens is 2. The molecule has 6 rings (SSSR count). The number of rotatable bonds is 7. The van der Waals surface area contributed by atoms with Gasteiger partial charge in [0.2, 0.25) is 5.91 Å². The van der Waals surface area contributed by atoms with E-state index < -0.39 is 40.8 Å². The summed E-state index contributed by atoms with van der Waals surface area (Å²) in [7, 11) is 0. The first-order chi connectivity index (χ1) is 23.9. The quantitative estimate of drug-likeness (QED) is 0.295. The van der Waals surface area contributed by atoms with Crippen LogP contribution >= 0.6 is 15.9 Å². The predicted octanol–water partition coefficient (Wildman–Crippen LogP) is 4.88. The number of anilines is 2. The summed E-state index contributed by atoms with van der Waals surface area (Å²) in [6.45, 7) is 10.5. The highest BCUT2D eigenvalue weighted by Crippen LogP contribution is 2.47. The number of hydrogen-bond donors (Lipinski definition) is 3. The van der Waals surface area contributed by atoms with Gasteiger partial charge in [0.05, 0.1) is 36.2 Å². The summed E-state index contributed by atoms with van der Waals surface area (Å²) < 4.78 is 34.5. The Morgan fingerprint density at radius 3 is 2.47 bits per heavy atom. The maximum atomic E-state index is 16.0. The van der Waals surface area contributed by atoms with Crippen LogP contribution in [-0.4, -0.2) is 91.3 Å². The van der Waals surface area contributed by atoms with Crippen LogP contribution in [0.25, 0.3) is 11.2 Å². The van der Waals surface area contributed by atoms with Gasteiger partial charge >= 0.3 is 18.3 Å². The zero-order valence-electron chi connectivity index (χ0n) is 29.1. The van der Waals surface area contributed by atoms with Crippen LogP contribution < -0.4 is 25.2 Å².